The van der Waals surface area contributed by atoms with Crippen molar-refractivity contribution in [2.45, 2.75) is 58.2 Å². The molecule has 2 aromatic carbocycles. The quantitative estimate of drug-likeness (QED) is 0.445. The first-order chi connectivity index (χ1) is 17.6. The van der Waals surface area contributed by atoms with Gasteiger partial charge in [0, 0.05) is 42.1 Å². The first-order valence-electron chi connectivity index (χ1n) is 13.0. The van der Waals surface area contributed by atoms with Crippen molar-refractivity contribution in [3.8, 4) is 11.1 Å². The smallest absolute Gasteiger partial charge is 0.251 e. The molecule has 1 saturated carbocycles. The fraction of sp³-hybridized carbons (Fsp3) is 0.367. The molecule has 0 saturated heterocycles. The van der Waals surface area contributed by atoms with Gasteiger partial charge in [-0.05, 0) is 91.9 Å². The van der Waals surface area contributed by atoms with Crippen LogP contribution in [0.5, 0.6) is 0 Å². The first kappa shape index (κ1) is 25.6. The predicted octanol–water partition coefficient (Wildman–Crippen LogP) is 5.06. The third kappa shape index (κ3) is 6.58. The molecular weight excluding hydrogens is 448 g/mol. The van der Waals surface area contributed by atoms with Gasteiger partial charge in [-0.1, -0.05) is 38.1 Å². The highest BCUT2D eigenvalue weighted by atomic mass is 16.2. The van der Waals surface area contributed by atoms with Crippen LogP contribution in [0.1, 0.15) is 65.8 Å². The highest BCUT2D eigenvalue weighted by Crippen LogP contribution is 2.23. The van der Waals surface area contributed by atoms with Crippen LogP contribution in [-0.4, -0.2) is 46.9 Å². The van der Waals surface area contributed by atoms with Crippen molar-refractivity contribution >= 4 is 11.8 Å². The number of nitrogens with one attached hydrogen (secondary N) is 2. The average molecular weight is 485 g/mol. The van der Waals surface area contributed by atoms with Gasteiger partial charge in [-0.25, -0.2) is 0 Å². The van der Waals surface area contributed by atoms with E-state index in [9.17, 15) is 9.59 Å². The summed E-state index contributed by atoms with van der Waals surface area (Å²) in [5.41, 5.74) is 4.23. The summed E-state index contributed by atoms with van der Waals surface area (Å²) in [6.45, 7) is 6.96. The number of rotatable bonds is 9. The van der Waals surface area contributed by atoms with E-state index in [-0.39, 0.29) is 17.9 Å². The molecule has 0 bridgehead atoms. The van der Waals surface area contributed by atoms with Crippen LogP contribution in [0.4, 0.5) is 0 Å². The molecule has 3 aromatic rings. The molecule has 0 atom stereocenters. The van der Waals surface area contributed by atoms with Gasteiger partial charge in [0.25, 0.3) is 11.8 Å². The third-order valence-electron chi connectivity index (χ3n) is 7.16. The number of pyridine rings is 1. The molecule has 1 aliphatic rings. The van der Waals surface area contributed by atoms with Crippen molar-refractivity contribution in [3.63, 3.8) is 0 Å². The van der Waals surface area contributed by atoms with Crippen LogP contribution in [0.2, 0.25) is 0 Å². The minimum atomic E-state index is -0.143. The van der Waals surface area contributed by atoms with E-state index in [1.807, 2.05) is 60.7 Å². The number of amides is 2. The molecule has 1 fully saturated rings. The summed E-state index contributed by atoms with van der Waals surface area (Å²) in [5, 5.41) is 6.18. The molecule has 2 amide bonds. The Bertz CT molecular complexity index is 1140. The van der Waals surface area contributed by atoms with Crippen LogP contribution < -0.4 is 10.6 Å². The Morgan fingerprint density at radius 3 is 2.17 bits per heavy atom. The van der Waals surface area contributed by atoms with Crippen LogP contribution >= 0.6 is 0 Å². The van der Waals surface area contributed by atoms with E-state index >= 15 is 0 Å². The van der Waals surface area contributed by atoms with Crippen molar-refractivity contribution in [2.75, 3.05) is 13.1 Å². The summed E-state index contributed by atoms with van der Waals surface area (Å²) >= 11 is 0. The highest BCUT2D eigenvalue weighted by Gasteiger charge is 2.25. The normalized spacial score (nSPS) is 17.5. The standard InChI is InChI=1S/C30H36N4O2/c1-3-34(4-2)28-14-12-27(13-15-28)33-30(36)26-7-5-6-22(20-26)21-32-29(35)25-10-8-23(9-11-25)24-16-18-31-19-17-24/h5-11,16-20,27-28H,3-4,12-15,21H2,1-2H3,(H,32,35)(H,33,36). The zero-order valence-electron chi connectivity index (χ0n) is 21.2. The van der Waals surface area contributed by atoms with Gasteiger partial charge in [-0.2, -0.15) is 0 Å². The van der Waals surface area contributed by atoms with Gasteiger partial charge in [0.05, 0.1) is 0 Å². The van der Waals surface area contributed by atoms with Crippen molar-refractivity contribution in [3.05, 3.63) is 89.7 Å². The van der Waals surface area contributed by atoms with E-state index in [0.717, 1.165) is 55.5 Å². The lowest BCUT2D eigenvalue weighted by molar-refractivity contribution is 0.0906. The average Bonchev–Trinajstić information content (AvgIpc) is 2.94. The van der Waals surface area contributed by atoms with Crippen molar-refractivity contribution in [2.24, 2.45) is 0 Å². The molecule has 6 nitrogen and oxygen atoms in total. The number of carbonyl (C=O) groups is 2. The molecule has 4 rings (SSSR count). The molecule has 1 aromatic heterocycles. The Hall–Kier alpha value is -3.51. The summed E-state index contributed by atoms with van der Waals surface area (Å²) in [6, 6.07) is 19.8. The van der Waals surface area contributed by atoms with E-state index in [1.165, 1.54) is 0 Å². The molecule has 6 heteroatoms. The van der Waals surface area contributed by atoms with Crippen LogP contribution in [0.3, 0.4) is 0 Å². The maximum absolute atomic E-state index is 12.9. The van der Waals surface area contributed by atoms with Crippen LogP contribution in [0, 0.1) is 0 Å². The highest BCUT2D eigenvalue weighted by molar-refractivity contribution is 5.95. The minimum Gasteiger partial charge on any atom is -0.349 e. The summed E-state index contributed by atoms with van der Waals surface area (Å²) in [4.78, 5) is 32.1. The topological polar surface area (TPSA) is 74.3 Å². The van der Waals surface area contributed by atoms with E-state index in [0.29, 0.717) is 23.7 Å². The maximum atomic E-state index is 12.9. The van der Waals surface area contributed by atoms with Gasteiger partial charge >= 0.3 is 0 Å². The maximum Gasteiger partial charge on any atom is 0.251 e. The molecule has 188 valence electrons. The monoisotopic (exact) mass is 484 g/mol. The second-order valence-electron chi connectivity index (χ2n) is 9.40. The molecule has 0 unspecified atom stereocenters. The largest absolute Gasteiger partial charge is 0.349 e. The number of hydrogen-bond donors (Lipinski definition) is 2. The van der Waals surface area contributed by atoms with Gasteiger partial charge < -0.3 is 15.5 Å². The summed E-state index contributed by atoms with van der Waals surface area (Å²) in [6.07, 6.45) is 7.79. The Morgan fingerprint density at radius 2 is 1.50 bits per heavy atom. The zero-order chi connectivity index (χ0) is 25.3. The SMILES string of the molecule is CCN(CC)C1CCC(NC(=O)c2cccc(CNC(=O)c3ccc(-c4ccncc4)cc3)c2)CC1. The predicted molar refractivity (Wildman–Crippen MR) is 144 cm³/mol. The Kier molecular flexibility index (Phi) is 8.85. The molecule has 2 N–H and O–H groups in total. The number of carbonyl (C=O) groups excluding carboxylic acids is 2. The fourth-order valence-electron chi connectivity index (χ4n) is 5.06. The van der Waals surface area contributed by atoms with Gasteiger partial charge in [-0.3, -0.25) is 14.6 Å². The minimum absolute atomic E-state index is 0.0406. The van der Waals surface area contributed by atoms with Crippen molar-refractivity contribution < 1.29 is 9.59 Å². The number of benzene rings is 2. The molecule has 0 aliphatic heterocycles. The molecule has 1 aliphatic carbocycles. The Balaban J connectivity index is 1.28. The molecule has 36 heavy (non-hydrogen) atoms. The van der Waals surface area contributed by atoms with Crippen molar-refractivity contribution in [1.82, 2.24) is 20.5 Å². The summed E-state index contributed by atoms with van der Waals surface area (Å²) in [7, 11) is 0. The molecule has 0 spiro atoms. The van der Waals surface area contributed by atoms with E-state index < -0.39 is 0 Å². The third-order valence-corrected chi connectivity index (χ3v) is 7.16. The zero-order valence-corrected chi connectivity index (χ0v) is 21.2. The van der Waals surface area contributed by atoms with E-state index in [4.69, 9.17) is 0 Å². The molecule has 1 heterocycles. The second-order valence-corrected chi connectivity index (χ2v) is 9.40. The number of hydrogen-bond acceptors (Lipinski definition) is 4. The first-order valence-corrected chi connectivity index (χ1v) is 13.0. The van der Waals surface area contributed by atoms with Gasteiger partial charge in [0.15, 0.2) is 0 Å². The van der Waals surface area contributed by atoms with E-state index in [1.54, 1.807) is 12.4 Å². The second kappa shape index (κ2) is 12.5. The van der Waals surface area contributed by atoms with Crippen LogP contribution in [0.15, 0.2) is 73.1 Å². The lowest BCUT2D eigenvalue weighted by atomic mass is 9.90. The lowest BCUT2D eigenvalue weighted by Crippen LogP contribution is -2.43. The number of nitrogens with zero attached hydrogens (tertiary/aromatic N) is 2. The molecular formula is C30H36N4O2. The Labute approximate surface area is 214 Å². The lowest BCUT2D eigenvalue weighted by Gasteiger charge is -2.36. The fourth-order valence-corrected chi connectivity index (χ4v) is 5.06. The summed E-state index contributed by atoms with van der Waals surface area (Å²) < 4.78 is 0. The van der Waals surface area contributed by atoms with Gasteiger partial charge in [-0.15, -0.1) is 0 Å². The van der Waals surface area contributed by atoms with Gasteiger partial charge in [0.1, 0.15) is 0 Å². The Morgan fingerprint density at radius 1 is 0.833 bits per heavy atom. The summed E-state index contributed by atoms with van der Waals surface area (Å²) in [5.74, 6) is -0.183. The number of aromatic nitrogens is 1. The van der Waals surface area contributed by atoms with Crippen LogP contribution in [-0.2, 0) is 6.54 Å². The molecule has 0 radical (unpaired) electrons. The van der Waals surface area contributed by atoms with E-state index in [2.05, 4.69) is 34.4 Å². The van der Waals surface area contributed by atoms with Crippen molar-refractivity contribution in [1.29, 1.82) is 0 Å². The van der Waals surface area contributed by atoms with Crippen LogP contribution in [0.25, 0.3) is 11.1 Å². The van der Waals surface area contributed by atoms with Gasteiger partial charge in [0.2, 0.25) is 0 Å².